The number of rotatable bonds is 3. The van der Waals surface area contributed by atoms with Crippen molar-refractivity contribution in [2.45, 2.75) is 44.0 Å². The van der Waals surface area contributed by atoms with Crippen molar-refractivity contribution in [2.24, 2.45) is 0 Å². The van der Waals surface area contributed by atoms with Gasteiger partial charge in [-0.3, -0.25) is 4.98 Å². The molecule has 0 bridgehead atoms. The second kappa shape index (κ2) is 6.14. The van der Waals surface area contributed by atoms with E-state index < -0.39 is 10.0 Å². The molecule has 1 saturated heterocycles. The molecule has 0 aromatic carbocycles. The fourth-order valence-corrected chi connectivity index (χ4v) is 5.34. The molecule has 22 heavy (non-hydrogen) atoms. The molecule has 1 saturated carbocycles. The molecule has 2 fully saturated rings. The maximum Gasteiger partial charge on any atom is 0.217 e. The van der Waals surface area contributed by atoms with Crippen LogP contribution >= 0.6 is 0 Å². The van der Waals surface area contributed by atoms with Crippen molar-refractivity contribution >= 4 is 15.7 Å². The number of pyridine rings is 1. The summed E-state index contributed by atoms with van der Waals surface area (Å²) >= 11 is 0. The molecule has 0 spiro atoms. The van der Waals surface area contributed by atoms with E-state index in [1.807, 2.05) is 6.92 Å². The Morgan fingerprint density at radius 3 is 2.73 bits per heavy atom. The molecular weight excluding hydrogens is 302 g/mol. The van der Waals surface area contributed by atoms with E-state index in [0.717, 1.165) is 31.4 Å². The minimum atomic E-state index is -3.23. The minimum Gasteiger partial charge on any atom is -0.399 e. The van der Waals surface area contributed by atoms with Gasteiger partial charge in [0.15, 0.2) is 0 Å². The number of hydrogen-bond acceptors (Lipinski definition) is 5. The Kier molecular flexibility index (Phi) is 4.38. The summed E-state index contributed by atoms with van der Waals surface area (Å²) in [5, 5.41) is -0.221. The molecule has 1 aliphatic heterocycles. The monoisotopic (exact) mass is 325 g/mol. The number of sulfonamides is 1. The van der Waals surface area contributed by atoms with E-state index in [-0.39, 0.29) is 11.4 Å². The van der Waals surface area contributed by atoms with Crippen molar-refractivity contribution < 1.29 is 13.2 Å². The number of aromatic nitrogens is 1. The molecule has 0 amide bonds. The zero-order valence-corrected chi connectivity index (χ0v) is 13.7. The zero-order chi connectivity index (χ0) is 15.7. The van der Waals surface area contributed by atoms with Crippen molar-refractivity contribution in [3.8, 4) is 0 Å². The van der Waals surface area contributed by atoms with Gasteiger partial charge in [0, 0.05) is 24.5 Å². The van der Waals surface area contributed by atoms with E-state index in [1.54, 1.807) is 16.4 Å². The third-order valence-corrected chi connectivity index (χ3v) is 6.80. The Morgan fingerprint density at radius 2 is 2.05 bits per heavy atom. The molecule has 6 nitrogen and oxygen atoms in total. The van der Waals surface area contributed by atoms with Gasteiger partial charge in [0.05, 0.1) is 17.6 Å². The second-order valence-electron chi connectivity index (χ2n) is 6.14. The number of ether oxygens (including phenoxy) is 1. The topological polar surface area (TPSA) is 85.5 Å². The first-order valence-electron chi connectivity index (χ1n) is 7.81. The van der Waals surface area contributed by atoms with Crippen LogP contribution in [0.2, 0.25) is 0 Å². The summed E-state index contributed by atoms with van der Waals surface area (Å²) in [4.78, 5) is 4.45. The fraction of sp³-hybridized carbons (Fsp3) is 0.667. The Labute approximate surface area is 131 Å². The highest BCUT2D eigenvalue weighted by atomic mass is 32.2. The van der Waals surface area contributed by atoms with Gasteiger partial charge in [-0.2, -0.15) is 4.31 Å². The van der Waals surface area contributed by atoms with Crippen molar-refractivity contribution in [3.63, 3.8) is 0 Å². The van der Waals surface area contributed by atoms with Gasteiger partial charge >= 0.3 is 0 Å². The van der Waals surface area contributed by atoms with Crippen molar-refractivity contribution in [1.82, 2.24) is 9.29 Å². The molecule has 3 rings (SSSR count). The van der Waals surface area contributed by atoms with Crippen LogP contribution in [-0.2, 0) is 14.8 Å². The van der Waals surface area contributed by atoms with Gasteiger partial charge in [0.2, 0.25) is 10.0 Å². The summed E-state index contributed by atoms with van der Waals surface area (Å²) in [5.41, 5.74) is 8.01. The van der Waals surface area contributed by atoms with Crippen LogP contribution in [0, 0.1) is 6.92 Å². The van der Waals surface area contributed by atoms with Crippen LogP contribution in [0.3, 0.4) is 0 Å². The van der Waals surface area contributed by atoms with Crippen LogP contribution in [0.25, 0.3) is 0 Å². The van der Waals surface area contributed by atoms with Crippen LogP contribution < -0.4 is 5.73 Å². The lowest BCUT2D eigenvalue weighted by molar-refractivity contribution is -0.00523. The van der Waals surface area contributed by atoms with E-state index in [0.29, 0.717) is 31.1 Å². The number of anilines is 1. The van der Waals surface area contributed by atoms with Crippen molar-refractivity contribution in [2.75, 3.05) is 25.4 Å². The third kappa shape index (κ3) is 3.11. The quantitative estimate of drug-likeness (QED) is 0.912. The number of nitrogens with two attached hydrogens (primary N) is 1. The first kappa shape index (κ1) is 15.7. The molecule has 1 aliphatic carbocycles. The molecule has 0 unspecified atom stereocenters. The van der Waals surface area contributed by atoms with Crippen LogP contribution in [0.15, 0.2) is 12.1 Å². The maximum absolute atomic E-state index is 12.7. The molecule has 2 N–H and O–H groups in total. The predicted octanol–water partition coefficient (Wildman–Crippen LogP) is 1.62. The van der Waals surface area contributed by atoms with Gasteiger partial charge in [-0.1, -0.05) is 12.8 Å². The molecule has 1 aromatic heterocycles. The lowest BCUT2D eigenvalue weighted by atomic mass is 10.2. The van der Waals surface area contributed by atoms with Gasteiger partial charge in [-0.25, -0.2) is 8.42 Å². The van der Waals surface area contributed by atoms with Gasteiger partial charge in [0.1, 0.15) is 6.10 Å². The molecule has 0 radical (unpaired) electrons. The summed E-state index contributed by atoms with van der Waals surface area (Å²) < 4.78 is 32.8. The van der Waals surface area contributed by atoms with Crippen molar-refractivity contribution in [1.29, 1.82) is 0 Å². The smallest absolute Gasteiger partial charge is 0.217 e. The highest BCUT2D eigenvalue weighted by molar-refractivity contribution is 7.89. The van der Waals surface area contributed by atoms with Gasteiger partial charge < -0.3 is 10.5 Å². The average molecular weight is 325 g/mol. The van der Waals surface area contributed by atoms with Crippen LogP contribution in [0.5, 0.6) is 0 Å². The standard InChI is InChI=1S/C15H23N3O3S/c1-11-8-12(16)9-14(17-11)15-10-18(6-7-21-15)22(19,20)13-4-2-3-5-13/h8-9,13,15H,2-7,10H2,1H3,(H2,16,17)/t15-/m1/s1. The van der Waals surface area contributed by atoms with Crippen LogP contribution in [-0.4, -0.2) is 42.7 Å². The zero-order valence-electron chi connectivity index (χ0n) is 12.9. The minimum absolute atomic E-state index is 0.221. The molecule has 2 heterocycles. The van der Waals surface area contributed by atoms with E-state index >= 15 is 0 Å². The highest BCUT2D eigenvalue weighted by Crippen LogP contribution is 2.30. The summed E-state index contributed by atoms with van der Waals surface area (Å²) in [6.07, 6.45) is 3.23. The van der Waals surface area contributed by atoms with E-state index in [4.69, 9.17) is 10.5 Å². The number of nitrogens with zero attached hydrogens (tertiary/aromatic N) is 2. The first-order valence-corrected chi connectivity index (χ1v) is 9.32. The van der Waals surface area contributed by atoms with Gasteiger partial charge in [-0.15, -0.1) is 0 Å². The summed E-state index contributed by atoms with van der Waals surface area (Å²) in [7, 11) is -3.23. The molecular formula is C15H23N3O3S. The molecule has 1 atom stereocenters. The molecule has 2 aliphatic rings. The van der Waals surface area contributed by atoms with E-state index in [2.05, 4.69) is 4.98 Å². The highest BCUT2D eigenvalue weighted by Gasteiger charge is 2.37. The van der Waals surface area contributed by atoms with E-state index in [9.17, 15) is 8.42 Å². The van der Waals surface area contributed by atoms with Gasteiger partial charge in [-0.05, 0) is 31.9 Å². The number of nitrogen functional groups attached to an aromatic ring is 1. The van der Waals surface area contributed by atoms with Crippen LogP contribution in [0.1, 0.15) is 43.2 Å². The number of morpholine rings is 1. The predicted molar refractivity (Wildman–Crippen MR) is 84.8 cm³/mol. The third-order valence-electron chi connectivity index (χ3n) is 4.44. The van der Waals surface area contributed by atoms with E-state index in [1.165, 1.54) is 0 Å². The lowest BCUT2D eigenvalue weighted by Crippen LogP contribution is -2.45. The lowest BCUT2D eigenvalue weighted by Gasteiger charge is -2.33. The molecule has 1 aromatic rings. The molecule has 122 valence electrons. The largest absolute Gasteiger partial charge is 0.399 e. The fourth-order valence-electron chi connectivity index (χ4n) is 3.32. The maximum atomic E-state index is 12.7. The van der Waals surface area contributed by atoms with Crippen molar-refractivity contribution in [3.05, 3.63) is 23.5 Å². The van der Waals surface area contributed by atoms with Gasteiger partial charge in [0.25, 0.3) is 0 Å². The SMILES string of the molecule is Cc1cc(N)cc([C@H]2CN(S(=O)(=O)C3CCCC3)CCO2)n1. The average Bonchev–Trinajstić information content (AvgIpc) is 3.01. The Bertz CT molecular complexity index is 621. The Hall–Kier alpha value is -1.18. The molecule has 7 heteroatoms. The number of hydrogen-bond donors (Lipinski definition) is 1. The summed E-state index contributed by atoms with van der Waals surface area (Å²) in [6.45, 7) is 3.02. The normalized spacial score (nSPS) is 24.7. The Morgan fingerprint density at radius 1 is 1.32 bits per heavy atom. The Balaban J connectivity index is 1.79. The first-order chi connectivity index (χ1) is 10.5. The summed E-state index contributed by atoms with van der Waals surface area (Å²) in [6, 6.07) is 3.56. The van der Waals surface area contributed by atoms with Crippen LogP contribution in [0.4, 0.5) is 5.69 Å². The summed E-state index contributed by atoms with van der Waals surface area (Å²) in [5.74, 6) is 0. The number of aryl methyl sites for hydroxylation is 1. The second-order valence-corrected chi connectivity index (χ2v) is 8.35.